The number of rotatable bonds is 4. The topological polar surface area (TPSA) is 32.3 Å². The molecule has 1 aliphatic carbocycles. The van der Waals surface area contributed by atoms with Crippen molar-refractivity contribution < 1.29 is 5.11 Å². The van der Waals surface area contributed by atoms with Crippen molar-refractivity contribution in [3.05, 3.63) is 29.8 Å². The fourth-order valence-corrected chi connectivity index (χ4v) is 2.47. The van der Waals surface area contributed by atoms with Gasteiger partial charge in [-0.1, -0.05) is 19.1 Å². The molecule has 0 aliphatic heterocycles. The Morgan fingerprint density at radius 1 is 1.12 bits per heavy atom. The van der Waals surface area contributed by atoms with Crippen molar-refractivity contribution in [1.29, 1.82) is 0 Å². The highest BCUT2D eigenvalue weighted by atomic mass is 16.3. The van der Waals surface area contributed by atoms with E-state index in [0.29, 0.717) is 0 Å². The van der Waals surface area contributed by atoms with Gasteiger partial charge in [0.25, 0.3) is 0 Å². The third-order valence-corrected chi connectivity index (χ3v) is 3.77. The van der Waals surface area contributed by atoms with E-state index in [1.165, 1.54) is 11.3 Å². The van der Waals surface area contributed by atoms with Crippen LogP contribution in [-0.4, -0.2) is 17.8 Å². The number of hydrogen-bond acceptors (Lipinski definition) is 2. The van der Waals surface area contributed by atoms with E-state index in [1.807, 2.05) is 0 Å². The first kappa shape index (κ1) is 12.4. The van der Waals surface area contributed by atoms with E-state index in [2.05, 4.69) is 36.5 Å². The molecule has 2 nitrogen and oxygen atoms in total. The molecule has 1 aliphatic rings. The molecule has 0 radical (unpaired) electrons. The summed E-state index contributed by atoms with van der Waals surface area (Å²) in [6, 6.07) is 8.70. The number of anilines is 1. The lowest BCUT2D eigenvalue weighted by Gasteiger charge is -2.25. The van der Waals surface area contributed by atoms with Crippen molar-refractivity contribution in [3.8, 4) is 0 Å². The quantitative estimate of drug-likeness (QED) is 0.837. The number of aliphatic hydroxyl groups is 1. The zero-order valence-electron chi connectivity index (χ0n) is 10.7. The number of nitrogens with one attached hydrogen (secondary N) is 1. The molecule has 1 fully saturated rings. The van der Waals surface area contributed by atoms with Crippen molar-refractivity contribution in [2.45, 2.75) is 45.1 Å². The molecule has 0 spiro atoms. The molecule has 17 heavy (non-hydrogen) atoms. The first-order chi connectivity index (χ1) is 8.28. The van der Waals surface area contributed by atoms with Gasteiger partial charge in [0.15, 0.2) is 0 Å². The van der Waals surface area contributed by atoms with Gasteiger partial charge in [0.1, 0.15) is 0 Å². The number of aryl methyl sites for hydroxylation is 1. The van der Waals surface area contributed by atoms with Gasteiger partial charge in [-0.3, -0.25) is 0 Å². The number of benzene rings is 1. The molecule has 94 valence electrons. The summed E-state index contributed by atoms with van der Waals surface area (Å²) in [7, 11) is 0. The average Bonchev–Trinajstić information content (AvgIpc) is 2.39. The van der Waals surface area contributed by atoms with Crippen LogP contribution < -0.4 is 5.32 Å². The van der Waals surface area contributed by atoms with Crippen LogP contribution in [0.2, 0.25) is 0 Å². The maximum Gasteiger partial charge on any atom is 0.0540 e. The summed E-state index contributed by atoms with van der Waals surface area (Å²) in [5.74, 6) is 0.726. The van der Waals surface area contributed by atoms with E-state index in [1.54, 1.807) is 0 Å². The summed E-state index contributed by atoms with van der Waals surface area (Å²) in [6.45, 7) is 3.22. The smallest absolute Gasteiger partial charge is 0.0540 e. The van der Waals surface area contributed by atoms with Crippen LogP contribution in [0.5, 0.6) is 0 Å². The third kappa shape index (κ3) is 3.74. The van der Waals surface area contributed by atoms with E-state index >= 15 is 0 Å². The predicted molar refractivity (Wildman–Crippen MR) is 72.3 cm³/mol. The lowest BCUT2D eigenvalue weighted by molar-refractivity contribution is 0.111. The fourth-order valence-electron chi connectivity index (χ4n) is 2.47. The van der Waals surface area contributed by atoms with Crippen molar-refractivity contribution >= 4 is 5.69 Å². The van der Waals surface area contributed by atoms with Gasteiger partial charge in [-0.2, -0.15) is 0 Å². The van der Waals surface area contributed by atoms with Crippen LogP contribution in [0.15, 0.2) is 24.3 Å². The van der Waals surface area contributed by atoms with Gasteiger partial charge >= 0.3 is 0 Å². The van der Waals surface area contributed by atoms with Gasteiger partial charge in [0.05, 0.1) is 6.10 Å². The highest BCUT2D eigenvalue weighted by molar-refractivity contribution is 5.44. The summed E-state index contributed by atoms with van der Waals surface area (Å²) in [5.41, 5.74) is 2.60. The molecule has 2 rings (SSSR count). The zero-order valence-corrected chi connectivity index (χ0v) is 10.7. The van der Waals surface area contributed by atoms with E-state index in [4.69, 9.17) is 0 Å². The van der Waals surface area contributed by atoms with Crippen LogP contribution in [0, 0.1) is 5.92 Å². The third-order valence-electron chi connectivity index (χ3n) is 3.77. The summed E-state index contributed by atoms with van der Waals surface area (Å²) in [5, 5.41) is 12.9. The zero-order chi connectivity index (χ0) is 12.1. The molecule has 1 saturated carbocycles. The molecule has 0 heterocycles. The minimum absolute atomic E-state index is 0.0462. The van der Waals surface area contributed by atoms with Crippen LogP contribution in [0.1, 0.15) is 38.2 Å². The van der Waals surface area contributed by atoms with Crippen LogP contribution in [0.25, 0.3) is 0 Å². The van der Waals surface area contributed by atoms with Gasteiger partial charge in [-0.25, -0.2) is 0 Å². The molecule has 2 N–H and O–H groups in total. The molecular weight excluding hydrogens is 210 g/mol. The molecule has 0 aromatic heterocycles. The highest BCUT2D eigenvalue weighted by Crippen LogP contribution is 2.24. The van der Waals surface area contributed by atoms with Gasteiger partial charge < -0.3 is 10.4 Å². The first-order valence-electron chi connectivity index (χ1n) is 6.79. The van der Waals surface area contributed by atoms with Gasteiger partial charge in [-0.05, 0) is 55.7 Å². The molecule has 0 bridgehead atoms. The second-order valence-corrected chi connectivity index (χ2v) is 5.11. The fraction of sp³-hybridized carbons (Fsp3) is 0.600. The Kier molecular flexibility index (Phi) is 4.43. The summed E-state index contributed by atoms with van der Waals surface area (Å²) in [4.78, 5) is 0. The summed E-state index contributed by atoms with van der Waals surface area (Å²) < 4.78 is 0. The van der Waals surface area contributed by atoms with Crippen molar-refractivity contribution in [2.75, 3.05) is 11.9 Å². The van der Waals surface area contributed by atoms with Gasteiger partial charge in [-0.15, -0.1) is 0 Å². The van der Waals surface area contributed by atoms with Gasteiger partial charge in [0, 0.05) is 12.2 Å². The van der Waals surface area contributed by atoms with Crippen LogP contribution in [-0.2, 0) is 6.42 Å². The normalized spacial score (nSPS) is 24.6. The Labute approximate surface area is 104 Å². The number of aliphatic hydroxyl groups excluding tert-OH is 1. The summed E-state index contributed by atoms with van der Waals surface area (Å²) in [6.07, 6.45) is 5.31. The van der Waals surface area contributed by atoms with E-state index in [-0.39, 0.29) is 6.10 Å². The minimum Gasteiger partial charge on any atom is -0.393 e. The minimum atomic E-state index is -0.0462. The predicted octanol–water partition coefficient (Wildman–Crippen LogP) is 3.21. The van der Waals surface area contributed by atoms with E-state index in [0.717, 1.165) is 44.6 Å². The highest BCUT2D eigenvalue weighted by Gasteiger charge is 2.18. The molecule has 0 amide bonds. The van der Waals surface area contributed by atoms with Crippen LogP contribution in [0.3, 0.4) is 0 Å². The largest absolute Gasteiger partial charge is 0.393 e. The maximum atomic E-state index is 9.45. The standard InChI is InChI=1S/C15H23NO/c1-2-12-3-7-14(8-4-12)16-11-13-5-9-15(17)10-6-13/h3-4,7-8,13,15-17H,2,5-6,9-11H2,1H3. The molecule has 1 aromatic carbocycles. The summed E-state index contributed by atoms with van der Waals surface area (Å²) >= 11 is 0. The van der Waals surface area contributed by atoms with E-state index < -0.39 is 0 Å². The molecule has 2 heteroatoms. The lowest BCUT2D eigenvalue weighted by atomic mass is 9.87. The molecule has 0 atom stereocenters. The lowest BCUT2D eigenvalue weighted by Crippen LogP contribution is -2.23. The van der Waals surface area contributed by atoms with E-state index in [9.17, 15) is 5.11 Å². The van der Waals surface area contributed by atoms with Crippen molar-refractivity contribution in [3.63, 3.8) is 0 Å². The Bertz CT molecular complexity index is 325. The second kappa shape index (κ2) is 6.06. The molecule has 0 saturated heterocycles. The van der Waals surface area contributed by atoms with Crippen LogP contribution in [0.4, 0.5) is 5.69 Å². The molecule has 0 unspecified atom stereocenters. The van der Waals surface area contributed by atoms with Crippen molar-refractivity contribution in [1.82, 2.24) is 0 Å². The average molecular weight is 233 g/mol. The Morgan fingerprint density at radius 3 is 2.35 bits per heavy atom. The van der Waals surface area contributed by atoms with Gasteiger partial charge in [0.2, 0.25) is 0 Å². The van der Waals surface area contributed by atoms with Crippen molar-refractivity contribution in [2.24, 2.45) is 5.92 Å². The molecular formula is C15H23NO. The van der Waals surface area contributed by atoms with Crippen LogP contribution >= 0.6 is 0 Å². The number of hydrogen-bond donors (Lipinski definition) is 2. The Balaban J connectivity index is 1.77. The maximum absolute atomic E-state index is 9.45. The monoisotopic (exact) mass is 233 g/mol. The second-order valence-electron chi connectivity index (χ2n) is 5.11. The Hall–Kier alpha value is -1.02. The molecule has 1 aromatic rings. The SMILES string of the molecule is CCc1ccc(NCC2CCC(O)CC2)cc1. The first-order valence-corrected chi connectivity index (χ1v) is 6.79. The Morgan fingerprint density at radius 2 is 1.76 bits per heavy atom.